The van der Waals surface area contributed by atoms with E-state index in [2.05, 4.69) is 0 Å². The topological polar surface area (TPSA) is 9.23 Å². The summed E-state index contributed by atoms with van der Waals surface area (Å²) in [6, 6.07) is 7.36. The van der Waals surface area contributed by atoms with Crippen LogP contribution in [0.5, 0.6) is 5.75 Å². The van der Waals surface area contributed by atoms with Gasteiger partial charge in [0, 0.05) is 0 Å². The van der Waals surface area contributed by atoms with Gasteiger partial charge in [0.1, 0.15) is 5.75 Å². The minimum Gasteiger partial charge on any atom is -0.0312 e. The van der Waals surface area contributed by atoms with E-state index in [0.717, 1.165) is 5.75 Å². The molecule has 0 spiro atoms. The zero-order chi connectivity index (χ0) is 16.6. The second kappa shape index (κ2) is 8.62. The Bertz CT molecular complexity index is 416. The molecule has 22 heavy (non-hydrogen) atoms. The molecule has 0 saturated heterocycles. The minimum atomic E-state index is -10.7. The molecule has 0 aromatic heterocycles. The Labute approximate surface area is 141 Å². The molecule has 127 valence electrons. The van der Waals surface area contributed by atoms with Crippen molar-refractivity contribution < 1.29 is 47.0 Å². The van der Waals surface area contributed by atoms with Crippen LogP contribution in [-0.4, -0.2) is 7.11 Å². The van der Waals surface area contributed by atoms with Gasteiger partial charge in [0.05, 0.1) is 12.1 Å². The third-order valence-electron chi connectivity index (χ3n) is 1.61. The first-order valence-electron chi connectivity index (χ1n) is 5.31. The van der Waals surface area contributed by atoms with Crippen LogP contribution in [0, 0.1) is 32.1 Å². The third-order valence-corrected chi connectivity index (χ3v) is 1.92. The zero-order valence-electron chi connectivity index (χ0n) is 11.1. The van der Waals surface area contributed by atoms with E-state index in [0.29, 0.717) is 5.02 Å². The SMILES string of the molecule is COc1ccccc1Cl.F[P-](F)(F)(F)(F)F.[CH]1[CH][CH][CH][CH]1.[Fe+2]. The van der Waals surface area contributed by atoms with Crippen LogP contribution in [0.4, 0.5) is 25.2 Å². The molecule has 1 aliphatic carbocycles. The van der Waals surface area contributed by atoms with Crippen molar-refractivity contribution in [3.8, 4) is 5.75 Å². The normalized spacial score (nSPS) is 16.5. The van der Waals surface area contributed by atoms with E-state index in [1.807, 2.05) is 50.3 Å². The second-order valence-corrected chi connectivity index (χ2v) is 5.88. The van der Waals surface area contributed by atoms with Crippen LogP contribution in [0.2, 0.25) is 5.02 Å². The molecule has 1 saturated carbocycles. The number of ether oxygens (including phenoxy) is 1. The standard InChI is InChI=1S/C7H7ClO.C5H5.F6P.Fe/c1-9-7-5-3-2-4-6(7)8;1-2-4-5-3-1;1-7(2,3,4,5)6;/h2-5H,1H3;1-5H;;/q;;-1;+2. The fraction of sp³-hybridized carbons (Fsp3) is 0.0833. The van der Waals surface area contributed by atoms with E-state index in [1.165, 1.54) is 0 Å². The number of halogens is 7. The Morgan fingerprint density at radius 1 is 0.818 bits per heavy atom. The summed E-state index contributed by atoms with van der Waals surface area (Å²) >= 11 is 5.70. The van der Waals surface area contributed by atoms with Crippen LogP contribution in [0.3, 0.4) is 0 Å². The van der Waals surface area contributed by atoms with Gasteiger partial charge >= 0.3 is 50.1 Å². The van der Waals surface area contributed by atoms with Crippen molar-refractivity contribution in [3.63, 3.8) is 0 Å². The molecule has 2 rings (SSSR count). The Kier molecular flexibility index (Phi) is 9.45. The first kappa shape index (κ1) is 24.1. The van der Waals surface area contributed by atoms with Gasteiger partial charge in [-0.1, -0.05) is 23.7 Å². The van der Waals surface area contributed by atoms with Gasteiger partial charge in [0.15, 0.2) is 0 Å². The van der Waals surface area contributed by atoms with Gasteiger partial charge in [-0.05, 0) is 44.2 Å². The molecular weight excluding hydrogens is 396 g/mol. The molecule has 1 fully saturated rings. The summed E-state index contributed by atoms with van der Waals surface area (Å²) in [6.45, 7) is 0. The Hall–Kier alpha value is -0.161. The van der Waals surface area contributed by atoms with Gasteiger partial charge in [-0.15, -0.1) is 0 Å². The Morgan fingerprint density at radius 2 is 1.14 bits per heavy atom. The molecule has 5 radical (unpaired) electrons. The maximum atomic E-state index is 9.87. The van der Waals surface area contributed by atoms with Crippen molar-refractivity contribution in [1.29, 1.82) is 0 Å². The number of benzene rings is 1. The predicted octanol–water partition coefficient (Wildman–Crippen LogP) is 6.75. The van der Waals surface area contributed by atoms with E-state index < -0.39 is 7.81 Å². The maximum Gasteiger partial charge on any atom is 2.00 e. The van der Waals surface area contributed by atoms with E-state index >= 15 is 0 Å². The Morgan fingerprint density at radius 3 is 1.36 bits per heavy atom. The van der Waals surface area contributed by atoms with Gasteiger partial charge in [-0.25, -0.2) is 0 Å². The summed E-state index contributed by atoms with van der Waals surface area (Å²) in [5, 5.41) is 0.653. The van der Waals surface area contributed by atoms with Crippen molar-refractivity contribution in [1.82, 2.24) is 0 Å². The summed E-state index contributed by atoms with van der Waals surface area (Å²) in [6.07, 6.45) is 10.0. The molecule has 1 aliphatic rings. The average molecular weight is 408 g/mol. The van der Waals surface area contributed by atoms with Gasteiger partial charge < -0.3 is 4.74 Å². The maximum absolute atomic E-state index is 10.7. The monoisotopic (exact) mass is 408 g/mol. The molecule has 1 aromatic rings. The van der Waals surface area contributed by atoms with Crippen LogP contribution in [-0.2, 0) is 17.1 Å². The van der Waals surface area contributed by atoms with E-state index in [1.54, 1.807) is 13.2 Å². The fourth-order valence-electron chi connectivity index (χ4n) is 0.931. The largest absolute Gasteiger partial charge is 2.00 e. The molecule has 10 heteroatoms. The van der Waals surface area contributed by atoms with Gasteiger partial charge in [-0.2, -0.15) is 0 Å². The fourth-order valence-corrected chi connectivity index (χ4v) is 1.14. The number of methoxy groups -OCH3 is 1. The van der Waals surface area contributed by atoms with Crippen LogP contribution < -0.4 is 4.74 Å². The van der Waals surface area contributed by atoms with Crippen molar-refractivity contribution in [2.75, 3.05) is 7.11 Å². The summed E-state index contributed by atoms with van der Waals surface area (Å²) in [5.74, 6) is 0.721. The van der Waals surface area contributed by atoms with E-state index in [-0.39, 0.29) is 17.1 Å². The molecule has 1 aromatic carbocycles. The smallest absolute Gasteiger partial charge is 0.0312 e. The molecule has 0 amide bonds. The molecule has 0 aliphatic heterocycles. The quantitative estimate of drug-likeness (QED) is 0.284. The number of hydrogen-bond donors (Lipinski definition) is 0. The van der Waals surface area contributed by atoms with Crippen molar-refractivity contribution in [3.05, 3.63) is 61.4 Å². The Balaban J connectivity index is 0. The second-order valence-electron chi connectivity index (χ2n) is 3.56. The minimum absolute atomic E-state index is 0. The molecule has 0 N–H and O–H groups in total. The molecule has 1 nitrogen and oxygen atoms in total. The first-order chi connectivity index (χ1) is 9.29. The van der Waals surface area contributed by atoms with Crippen molar-refractivity contribution in [2.24, 2.45) is 0 Å². The van der Waals surface area contributed by atoms with Crippen LogP contribution in [0.1, 0.15) is 0 Å². The average Bonchev–Trinajstić information content (AvgIpc) is 2.84. The van der Waals surface area contributed by atoms with E-state index in [4.69, 9.17) is 16.3 Å². The molecule has 0 atom stereocenters. The van der Waals surface area contributed by atoms with Gasteiger partial charge in [0.25, 0.3) is 0 Å². The molecule has 0 bridgehead atoms. The van der Waals surface area contributed by atoms with Gasteiger partial charge in [-0.3, -0.25) is 0 Å². The van der Waals surface area contributed by atoms with Crippen LogP contribution in [0.25, 0.3) is 0 Å². The van der Waals surface area contributed by atoms with Crippen molar-refractivity contribution >= 4 is 19.4 Å². The number of hydrogen-bond acceptors (Lipinski definition) is 1. The predicted molar refractivity (Wildman–Crippen MR) is 73.1 cm³/mol. The third kappa shape index (κ3) is 22.1. The van der Waals surface area contributed by atoms with Gasteiger partial charge in [0.2, 0.25) is 0 Å². The summed E-state index contributed by atoms with van der Waals surface area (Å²) in [4.78, 5) is 0. The van der Waals surface area contributed by atoms with Crippen LogP contribution >= 0.6 is 19.4 Å². The van der Waals surface area contributed by atoms with E-state index in [9.17, 15) is 25.2 Å². The molecular formula is C12H12ClF6FeOP+. The summed E-state index contributed by atoms with van der Waals surface area (Å²) in [7, 11) is -9.06. The number of rotatable bonds is 1. The number of para-hydroxylation sites is 1. The first-order valence-corrected chi connectivity index (χ1v) is 7.72. The summed E-state index contributed by atoms with van der Waals surface area (Å²) in [5.41, 5.74) is 0. The van der Waals surface area contributed by atoms with Crippen LogP contribution in [0.15, 0.2) is 24.3 Å². The molecule has 0 heterocycles. The molecule has 0 unspecified atom stereocenters. The summed E-state index contributed by atoms with van der Waals surface area (Å²) < 4.78 is 64.1. The van der Waals surface area contributed by atoms with Crippen molar-refractivity contribution in [2.45, 2.75) is 0 Å². The zero-order valence-corrected chi connectivity index (χ0v) is 13.8.